The van der Waals surface area contributed by atoms with Crippen LogP contribution in [0.2, 0.25) is 5.02 Å². The predicted molar refractivity (Wildman–Crippen MR) is 72.1 cm³/mol. The zero-order valence-corrected chi connectivity index (χ0v) is 11.8. The number of nitrogen functional groups attached to an aromatic ring is 1. The Kier molecular flexibility index (Phi) is 4.98. The number of aliphatic hydroxyl groups is 1. The van der Waals surface area contributed by atoms with Crippen LogP contribution in [0, 0.1) is 6.92 Å². The molecule has 1 aromatic carbocycles. The molecular weight excluding hydrogens is 276 g/mol. The lowest BCUT2D eigenvalue weighted by atomic mass is 10.2. The molecule has 0 saturated heterocycles. The minimum Gasteiger partial charge on any atom is -0.397 e. The van der Waals surface area contributed by atoms with Gasteiger partial charge in [0.1, 0.15) is 0 Å². The molecule has 18 heavy (non-hydrogen) atoms. The molecule has 0 heterocycles. The van der Waals surface area contributed by atoms with E-state index in [-0.39, 0.29) is 17.2 Å². The molecule has 0 aromatic heterocycles. The van der Waals surface area contributed by atoms with E-state index in [2.05, 4.69) is 4.72 Å². The van der Waals surface area contributed by atoms with Crippen LogP contribution in [-0.4, -0.2) is 26.2 Å². The van der Waals surface area contributed by atoms with Gasteiger partial charge < -0.3 is 10.8 Å². The molecule has 0 radical (unpaired) electrons. The summed E-state index contributed by atoms with van der Waals surface area (Å²) in [5, 5.41) is 9.35. The summed E-state index contributed by atoms with van der Waals surface area (Å²) in [6.07, 6.45) is 0.498. The maximum atomic E-state index is 12.1. The van der Waals surface area contributed by atoms with E-state index in [0.717, 1.165) is 0 Å². The lowest BCUT2D eigenvalue weighted by Crippen LogP contribution is -2.37. The molecule has 0 saturated carbocycles. The molecule has 1 atom stereocenters. The van der Waals surface area contributed by atoms with Crippen molar-refractivity contribution >= 4 is 27.3 Å². The predicted octanol–water partition coefficient (Wildman–Crippen LogP) is 1.28. The summed E-state index contributed by atoms with van der Waals surface area (Å²) in [4.78, 5) is 0.0799. The van der Waals surface area contributed by atoms with Gasteiger partial charge in [0.15, 0.2) is 0 Å². The highest BCUT2D eigenvalue weighted by atomic mass is 35.5. The number of nitrogens with two attached hydrogens (primary N) is 1. The van der Waals surface area contributed by atoms with Gasteiger partial charge in [-0.15, -0.1) is 0 Å². The highest BCUT2D eigenvalue weighted by Gasteiger charge is 2.21. The van der Waals surface area contributed by atoms with Gasteiger partial charge in [-0.1, -0.05) is 18.5 Å². The first-order valence-corrected chi connectivity index (χ1v) is 7.36. The highest BCUT2D eigenvalue weighted by molar-refractivity contribution is 7.89. The zero-order valence-electron chi connectivity index (χ0n) is 10.3. The largest absolute Gasteiger partial charge is 0.397 e. The maximum Gasteiger partial charge on any atom is 0.241 e. The zero-order chi connectivity index (χ0) is 13.9. The Morgan fingerprint density at radius 2 is 2.11 bits per heavy atom. The van der Waals surface area contributed by atoms with Gasteiger partial charge in [0.25, 0.3) is 0 Å². The summed E-state index contributed by atoms with van der Waals surface area (Å²) in [7, 11) is -3.70. The number of halogens is 1. The van der Waals surface area contributed by atoms with Crippen molar-refractivity contribution in [1.29, 1.82) is 0 Å². The van der Waals surface area contributed by atoms with Crippen molar-refractivity contribution in [2.45, 2.75) is 31.2 Å². The van der Waals surface area contributed by atoms with Crippen LogP contribution in [0.3, 0.4) is 0 Å². The van der Waals surface area contributed by atoms with Crippen LogP contribution in [-0.2, 0) is 10.0 Å². The van der Waals surface area contributed by atoms with Crippen molar-refractivity contribution in [2.24, 2.45) is 0 Å². The van der Waals surface area contributed by atoms with Crippen LogP contribution in [0.1, 0.15) is 18.9 Å². The molecule has 1 unspecified atom stereocenters. The number of anilines is 1. The van der Waals surface area contributed by atoms with Crippen LogP contribution in [0.4, 0.5) is 5.69 Å². The highest BCUT2D eigenvalue weighted by Crippen LogP contribution is 2.26. The normalized spacial score (nSPS) is 13.6. The Hall–Kier alpha value is -0.820. The van der Waals surface area contributed by atoms with Crippen LogP contribution in [0.15, 0.2) is 17.0 Å². The van der Waals surface area contributed by atoms with Crippen molar-refractivity contribution in [3.63, 3.8) is 0 Å². The molecule has 0 fully saturated rings. The van der Waals surface area contributed by atoms with Gasteiger partial charge in [-0.3, -0.25) is 0 Å². The Labute approximate surface area is 112 Å². The van der Waals surface area contributed by atoms with Crippen molar-refractivity contribution < 1.29 is 13.5 Å². The third-order valence-electron chi connectivity index (χ3n) is 2.62. The Morgan fingerprint density at radius 1 is 1.50 bits per heavy atom. The summed E-state index contributed by atoms with van der Waals surface area (Å²) in [5.41, 5.74) is 6.33. The minimum atomic E-state index is -3.70. The molecule has 1 rings (SSSR count). The number of sulfonamides is 1. The molecule has 0 aliphatic rings. The van der Waals surface area contributed by atoms with Crippen molar-refractivity contribution in [1.82, 2.24) is 4.72 Å². The molecule has 0 spiro atoms. The van der Waals surface area contributed by atoms with Crippen LogP contribution < -0.4 is 10.5 Å². The number of benzene rings is 1. The first kappa shape index (κ1) is 15.2. The third-order valence-corrected chi connectivity index (χ3v) is 4.61. The molecule has 0 amide bonds. The first-order chi connectivity index (χ1) is 8.31. The third kappa shape index (κ3) is 3.35. The lowest BCUT2D eigenvalue weighted by molar-refractivity contribution is 0.254. The SMILES string of the molecule is CCC(CO)NS(=O)(=O)c1cc(N)c(Cl)cc1C. The van der Waals surface area contributed by atoms with Crippen molar-refractivity contribution in [3.05, 3.63) is 22.7 Å². The van der Waals surface area contributed by atoms with Gasteiger partial charge >= 0.3 is 0 Å². The number of hydrogen-bond acceptors (Lipinski definition) is 4. The van der Waals surface area contributed by atoms with Gasteiger partial charge in [-0.25, -0.2) is 13.1 Å². The second kappa shape index (κ2) is 5.88. The molecule has 4 N–H and O–H groups in total. The molecular formula is C11H17ClN2O3S. The molecule has 5 nitrogen and oxygen atoms in total. The van der Waals surface area contributed by atoms with Crippen LogP contribution >= 0.6 is 11.6 Å². The van der Waals surface area contributed by atoms with E-state index in [0.29, 0.717) is 17.0 Å². The van der Waals surface area contributed by atoms with E-state index in [1.807, 2.05) is 0 Å². The smallest absolute Gasteiger partial charge is 0.241 e. The van der Waals surface area contributed by atoms with E-state index in [1.165, 1.54) is 12.1 Å². The molecule has 0 bridgehead atoms. The average molecular weight is 293 g/mol. The second-order valence-corrected chi connectivity index (χ2v) is 6.14. The van der Waals surface area contributed by atoms with Gasteiger partial charge in [0, 0.05) is 6.04 Å². The molecule has 0 aliphatic heterocycles. The summed E-state index contributed by atoms with van der Waals surface area (Å²) in [6, 6.07) is 2.32. The van der Waals surface area contributed by atoms with E-state index in [4.69, 9.17) is 22.4 Å². The maximum absolute atomic E-state index is 12.1. The fourth-order valence-electron chi connectivity index (χ4n) is 1.49. The van der Waals surface area contributed by atoms with E-state index >= 15 is 0 Å². The van der Waals surface area contributed by atoms with Gasteiger partial charge in [-0.2, -0.15) is 0 Å². The van der Waals surface area contributed by atoms with Crippen LogP contribution in [0.25, 0.3) is 0 Å². The van der Waals surface area contributed by atoms with E-state index < -0.39 is 16.1 Å². The molecule has 102 valence electrons. The first-order valence-electron chi connectivity index (χ1n) is 5.50. The number of rotatable bonds is 5. The number of aryl methyl sites for hydroxylation is 1. The summed E-state index contributed by atoms with van der Waals surface area (Å²) < 4.78 is 26.7. The quantitative estimate of drug-likeness (QED) is 0.713. The fourth-order valence-corrected chi connectivity index (χ4v) is 3.28. The Balaban J connectivity index is 3.16. The molecule has 1 aromatic rings. The Bertz CT molecular complexity index is 527. The van der Waals surface area contributed by atoms with Gasteiger partial charge in [-0.05, 0) is 31.0 Å². The molecule has 7 heteroatoms. The monoisotopic (exact) mass is 292 g/mol. The van der Waals surface area contributed by atoms with Gasteiger partial charge in [0.2, 0.25) is 10.0 Å². The average Bonchev–Trinajstić information content (AvgIpc) is 2.30. The number of aliphatic hydroxyl groups excluding tert-OH is 1. The summed E-state index contributed by atoms with van der Waals surface area (Å²) in [6.45, 7) is 3.17. The topological polar surface area (TPSA) is 92.4 Å². The second-order valence-electron chi connectivity index (χ2n) is 4.05. The van der Waals surface area contributed by atoms with E-state index in [9.17, 15) is 8.42 Å². The lowest BCUT2D eigenvalue weighted by Gasteiger charge is -2.16. The minimum absolute atomic E-state index is 0.0799. The molecule has 0 aliphatic carbocycles. The summed E-state index contributed by atoms with van der Waals surface area (Å²) >= 11 is 5.82. The fraction of sp³-hybridized carbons (Fsp3) is 0.455. The Morgan fingerprint density at radius 3 is 2.61 bits per heavy atom. The summed E-state index contributed by atoms with van der Waals surface area (Å²) in [5.74, 6) is 0. The number of hydrogen-bond donors (Lipinski definition) is 3. The standard InChI is InChI=1S/C11H17ClN2O3S/c1-3-8(6-15)14-18(16,17)11-5-10(13)9(12)4-7(11)2/h4-5,8,14-15H,3,6,13H2,1-2H3. The van der Waals surface area contributed by atoms with Gasteiger partial charge in [0.05, 0.1) is 22.2 Å². The number of nitrogens with one attached hydrogen (secondary N) is 1. The van der Waals surface area contributed by atoms with Crippen molar-refractivity contribution in [3.8, 4) is 0 Å². The van der Waals surface area contributed by atoms with E-state index in [1.54, 1.807) is 13.8 Å². The van der Waals surface area contributed by atoms with Crippen LogP contribution in [0.5, 0.6) is 0 Å². The van der Waals surface area contributed by atoms with Crippen molar-refractivity contribution in [2.75, 3.05) is 12.3 Å².